The summed E-state index contributed by atoms with van der Waals surface area (Å²) in [6, 6.07) is 6.82. The summed E-state index contributed by atoms with van der Waals surface area (Å²) in [5, 5.41) is 12.6. The lowest BCUT2D eigenvalue weighted by Crippen LogP contribution is -2.52. The van der Waals surface area contributed by atoms with Crippen LogP contribution in [0.25, 0.3) is 0 Å². The summed E-state index contributed by atoms with van der Waals surface area (Å²) in [4.78, 5) is 16.0. The van der Waals surface area contributed by atoms with Gasteiger partial charge in [0.15, 0.2) is 0 Å². The highest BCUT2D eigenvalue weighted by molar-refractivity contribution is 6.35. The van der Waals surface area contributed by atoms with E-state index in [1.54, 1.807) is 23.1 Å². The van der Waals surface area contributed by atoms with Crippen molar-refractivity contribution in [2.45, 2.75) is 13.0 Å². The number of rotatable bonds is 2. The van der Waals surface area contributed by atoms with Crippen molar-refractivity contribution >= 4 is 34.9 Å². The van der Waals surface area contributed by atoms with Crippen LogP contribution in [0.1, 0.15) is 6.92 Å². The standard InChI is InChI=1S/C14H16Cl2N4O/c1-10(9-17)19-2-4-20(5-3-19)14(21)18-13-7-11(15)6-12(16)8-13/h6-8,10H,2-5H2,1H3,(H,18,21). The van der Waals surface area contributed by atoms with Crippen LogP contribution in [-0.4, -0.2) is 48.1 Å². The highest BCUT2D eigenvalue weighted by Gasteiger charge is 2.23. The van der Waals surface area contributed by atoms with Gasteiger partial charge in [0.1, 0.15) is 0 Å². The van der Waals surface area contributed by atoms with Crippen molar-refractivity contribution in [3.8, 4) is 6.07 Å². The van der Waals surface area contributed by atoms with Crippen LogP contribution in [0.5, 0.6) is 0 Å². The van der Waals surface area contributed by atoms with Gasteiger partial charge in [-0.1, -0.05) is 23.2 Å². The van der Waals surface area contributed by atoms with Gasteiger partial charge < -0.3 is 10.2 Å². The van der Waals surface area contributed by atoms with Crippen molar-refractivity contribution < 1.29 is 4.79 Å². The topological polar surface area (TPSA) is 59.4 Å². The molecule has 0 bridgehead atoms. The molecule has 1 aromatic carbocycles. The lowest BCUT2D eigenvalue weighted by molar-refractivity contribution is 0.135. The number of halogens is 2. The summed E-state index contributed by atoms with van der Waals surface area (Å²) in [5.41, 5.74) is 0.574. The molecule has 1 atom stereocenters. The Morgan fingerprint density at radius 3 is 2.33 bits per heavy atom. The Kier molecular flexibility index (Phi) is 5.29. The number of nitrogens with one attached hydrogen (secondary N) is 1. The Labute approximate surface area is 134 Å². The lowest BCUT2D eigenvalue weighted by Gasteiger charge is -2.35. The number of nitrogens with zero attached hydrogens (tertiary/aromatic N) is 3. The molecule has 0 saturated carbocycles. The van der Waals surface area contributed by atoms with Gasteiger partial charge in [-0.2, -0.15) is 5.26 Å². The number of carbonyl (C=O) groups excluding carboxylic acids is 1. The summed E-state index contributed by atoms with van der Waals surface area (Å²) >= 11 is 11.8. The monoisotopic (exact) mass is 326 g/mol. The van der Waals surface area contributed by atoms with Gasteiger partial charge in [0.25, 0.3) is 0 Å². The van der Waals surface area contributed by atoms with Crippen molar-refractivity contribution in [3.05, 3.63) is 28.2 Å². The van der Waals surface area contributed by atoms with Crippen LogP contribution < -0.4 is 5.32 Å². The molecule has 0 radical (unpaired) electrons. The van der Waals surface area contributed by atoms with Crippen LogP contribution in [-0.2, 0) is 0 Å². The maximum atomic E-state index is 12.2. The zero-order chi connectivity index (χ0) is 15.4. The molecule has 1 saturated heterocycles. The summed E-state index contributed by atoms with van der Waals surface area (Å²) in [6.07, 6.45) is 0. The van der Waals surface area contributed by atoms with E-state index < -0.39 is 0 Å². The van der Waals surface area contributed by atoms with Gasteiger partial charge in [-0.25, -0.2) is 4.79 Å². The second kappa shape index (κ2) is 6.99. The van der Waals surface area contributed by atoms with E-state index in [1.165, 1.54) is 0 Å². The summed E-state index contributed by atoms with van der Waals surface area (Å²) in [6.45, 7) is 4.43. The molecular weight excluding hydrogens is 311 g/mol. The second-order valence-corrected chi connectivity index (χ2v) is 5.79. The average molecular weight is 327 g/mol. The van der Waals surface area contributed by atoms with Crippen LogP contribution in [0.15, 0.2) is 18.2 Å². The highest BCUT2D eigenvalue weighted by atomic mass is 35.5. The predicted molar refractivity (Wildman–Crippen MR) is 83.7 cm³/mol. The van der Waals surface area contributed by atoms with E-state index in [9.17, 15) is 4.79 Å². The van der Waals surface area contributed by atoms with Crippen LogP contribution in [0.2, 0.25) is 10.0 Å². The minimum absolute atomic E-state index is 0.123. The normalized spacial score (nSPS) is 17.1. The molecule has 0 spiro atoms. The molecule has 1 aliphatic rings. The van der Waals surface area contributed by atoms with Gasteiger partial charge in [-0.05, 0) is 25.1 Å². The number of urea groups is 1. The first-order valence-corrected chi connectivity index (χ1v) is 7.41. The fourth-order valence-corrected chi connectivity index (χ4v) is 2.75. The first-order valence-electron chi connectivity index (χ1n) is 6.65. The molecule has 0 aromatic heterocycles. The Hall–Kier alpha value is -1.48. The van der Waals surface area contributed by atoms with Crippen LogP contribution in [0.4, 0.5) is 10.5 Å². The minimum Gasteiger partial charge on any atom is -0.322 e. The van der Waals surface area contributed by atoms with Gasteiger partial charge in [0.2, 0.25) is 0 Å². The third-order valence-corrected chi connectivity index (χ3v) is 3.89. The van der Waals surface area contributed by atoms with Crippen molar-refractivity contribution in [1.82, 2.24) is 9.80 Å². The number of piperazine rings is 1. The van der Waals surface area contributed by atoms with Crippen molar-refractivity contribution in [2.75, 3.05) is 31.5 Å². The maximum absolute atomic E-state index is 12.2. The molecular formula is C14H16Cl2N4O. The average Bonchev–Trinajstić information content (AvgIpc) is 2.45. The highest BCUT2D eigenvalue weighted by Crippen LogP contribution is 2.22. The first kappa shape index (κ1) is 15.9. The van der Waals surface area contributed by atoms with E-state index >= 15 is 0 Å². The largest absolute Gasteiger partial charge is 0.322 e. The zero-order valence-electron chi connectivity index (χ0n) is 11.6. The predicted octanol–water partition coefficient (Wildman–Crippen LogP) is 3.05. The van der Waals surface area contributed by atoms with Gasteiger partial charge >= 0.3 is 6.03 Å². The van der Waals surface area contributed by atoms with Crippen molar-refractivity contribution in [1.29, 1.82) is 5.26 Å². The summed E-state index contributed by atoms with van der Waals surface area (Å²) in [5.74, 6) is 0. The fraction of sp³-hybridized carbons (Fsp3) is 0.429. The van der Waals surface area contributed by atoms with Gasteiger partial charge in [0.05, 0.1) is 12.1 Å². The molecule has 1 aliphatic heterocycles. The Morgan fingerprint density at radius 1 is 1.24 bits per heavy atom. The number of carbonyl (C=O) groups is 1. The van der Waals surface area contributed by atoms with E-state index in [2.05, 4.69) is 16.3 Å². The van der Waals surface area contributed by atoms with E-state index in [4.69, 9.17) is 28.5 Å². The molecule has 2 rings (SSSR count). The molecule has 0 aliphatic carbocycles. The third-order valence-electron chi connectivity index (χ3n) is 3.45. The summed E-state index contributed by atoms with van der Waals surface area (Å²) in [7, 11) is 0. The van der Waals surface area contributed by atoms with Gasteiger partial charge in [-0.3, -0.25) is 4.90 Å². The Morgan fingerprint density at radius 2 is 1.81 bits per heavy atom. The van der Waals surface area contributed by atoms with E-state index in [0.717, 1.165) is 0 Å². The van der Waals surface area contributed by atoms with Gasteiger partial charge in [0, 0.05) is 41.9 Å². The van der Waals surface area contributed by atoms with Crippen LogP contribution in [0, 0.1) is 11.3 Å². The molecule has 2 amide bonds. The quantitative estimate of drug-likeness (QED) is 0.908. The molecule has 5 nitrogen and oxygen atoms in total. The smallest absolute Gasteiger partial charge is 0.321 e. The number of anilines is 1. The molecule has 21 heavy (non-hydrogen) atoms. The Balaban J connectivity index is 1.92. The molecule has 112 valence electrons. The van der Waals surface area contributed by atoms with E-state index in [-0.39, 0.29) is 12.1 Å². The lowest BCUT2D eigenvalue weighted by atomic mass is 10.2. The molecule has 7 heteroatoms. The summed E-state index contributed by atoms with van der Waals surface area (Å²) < 4.78 is 0. The molecule has 1 aromatic rings. The number of hydrogen-bond acceptors (Lipinski definition) is 3. The third kappa shape index (κ3) is 4.24. The number of hydrogen-bond donors (Lipinski definition) is 1. The molecule has 1 fully saturated rings. The van der Waals surface area contributed by atoms with Gasteiger partial charge in [-0.15, -0.1) is 0 Å². The zero-order valence-corrected chi connectivity index (χ0v) is 13.2. The maximum Gasteiger partial charge on any atom is 0.321 e. The van der Waals surface area contributed by atoms with Crippen LogP contribution in [0.3, 0.4) is 0 Å². The number of nitriles is 1. The first-order chi connectivity index (χ1) is 9.99. The Bertz CT molecular complexity index is 544. The van der Waals surface area contributed by atoms with Crippen molar-refractivity contribution in [3.63, 3.8) is 0 Å². The molecule has 1 N–H and O–H groups in total. The molecule has 1 unspecified atom stereocenters. The van der Waals surface area contributed by atoms with E-state index in [1.807, 2.05) is 6.92 Å². The second-order valence-electron chi connectivity index (χ2n) is 4.92. The minimum atomic E-state index is -0.183. The van der Waals surface area contributed by atoms with Crippen molar-refractivity contribution in [2.24, 2.45) is 0 Å². The van der Waals surface area contributed by atoms with Crippen LogP contribution >= 0.6 is 23.2 Å². The molecule has 1 heterocycles. The number of amides is 2. The number of benzene rings is 1. The fourth-order valence-electron chi connectivity index (χ4n) is 2.22. The van der Waals surface area contributed by atoms with E-state index in [0.29, 0.717) is 41.9 Å². The SMILES string of the molecule is CC(C#N)N1CCN(C(=O)Nc2cc(Cl)cc(Cl)c2)CC1.